The molecule has 0 radical (unpaired) electrons. The van der Waals surface area contributed by atoms with Gasteiger partial charge in [-0.1, -0.05) is 12.1 Å². The van der Waals surface area contributed by atoms with E-state index < -0.39 is 47.9 Å². The standard InChI is InChI=1S/C13H7F9O2/c14-11(15,16)6-24-10(13(20,21)22)9(5-23)7-2-1-3-8(4-7)12(17,18)19/h1-4,10H,6H2. The summed E-state index contributed by atoms with van der Waals surface area (Å²) >= 11 is 0. The molecular weight excluding hydrogens is 359 g/mol. The molecule has 1 aromatic carbocycles. The van der Waals surface area contributed by atoms with Crippen molar-refractivity contribution in [2.45, 2.75) is 24.6 Å². The van der Waals surface area contributed by atoms with E-state index in [1.54, 1.807) is 0 Å². The van der Waals surface area contributed by atoms with E-state index >= 15 is 0 Å². The molecule has 0 amide bonds. The van der Waals surface area contributed by atoms with E-state index in [1.165, 1.54) is 0 Å². The molecule has 0 bridgehead atoms. The number of halogens is 9. The van der Waals surface area contributed by atoms with Crippen molar-refractivity contribution in [3.8, 4) is 0 Å². The Kier molecular flexibility index (Phi) is 5.73. The molecule has 0 fully saturated rings. The van der Waals surface area contributed by atoms with Crippen molar-refractivity contribution in [2.24, 2.45) is 0 Å². The summed E-state index contributed by atoms with van der Waals surface area (Å²) in [6.45, 7) is -2.35. The lowest BCUT2D eigenvalue weighted by Gasteiger charge is -2.22. The lowest BCUT2D eigenvalue weighted by molar-refractivity contribution is -0.238. The summed E-state index contributed by atoms with van der Waals surface area (Å²) in [7, 11) is 0. The zero-order valence-electron chi connectivity index (χ0n) is 11.3. The van der Waals surface area contributed by atoms with E-state index in [9.17, 15) is 44.3 Å². The van der Waals surface area contributed by atoms with Crippen molar-refractivity contribution in [2.75, 3.05) is 6.61 Å². The van der Waals surface area contributed by atoms with E-state index in [1.807, 2.05) is 0 Å². The second-order valence-corrected chi connectivity index (χ2v) is 4.44. The average molecular weight is 366 g/mol. The van der Waals surface area contributed by atoms with Crippen LogP contribution in [0, 0.1) is 0 Å². The van der Waals surface area contributed by atoms with Crippen LogP contribution in [0.25, 0.3) is 5.57 Å². The molecule has 0 spiro atoms. The summed E-state index contributed by atoms with van der Waals surface area (Å²) in [4.78, 5) is 10.8. The first-order valence-electron chi connectivity index (χ1n) is 5.93. The molecular formula is C13H7F9O2. The fourth-order valence-electron chi connectivity index (χ4n) is 1.65. The molecule has 1 unspecified atom stereocenters. The van der Waals surface area contributed by atoms with Crippen molar-refractivity contribution in [1.82, 2.24) is 0 Å². The van der Waals surface area contributed by atoms with E-state index in [4.69, 9.17) is 0 Å². The smallest absolute Gasteiger partial charge is 0.354 e. The highest BCUT2D eigenvalue weighted by Gasteiger charge is 2.46. The third kappa shape index (κ3) is 5.57. The molecule has 134 valence electrons. The van der Waals surface area contributed by atoms with Crippen LogP contribution in [0.2, 0.25) is 0 Å². The maximum atomic E-state index is 12.8. The number of ether oxygens (including phenoxy) is 1. The molecule has 0 aromatic heterocycles. The van der Waals surface area contributed by atoms with Crippen molar-refractivity contribution >= 4 is 11.5 Å². The number of rotatable bonds is 4. The van der Waals surface area contributed by atoms with Gasteiger partial charge < -0.3 is 4.74 Å². The minimum Gasteiger partial charge on any atom is -0.354 e. The Morgan fingerprint density at radius 3 is 2.04 bits per heavy atom. The first kappa shape index (κ1) is 20.0. The first-order valence-corrected chi connectivity index (χ1v) is 5.93. The van der Waals surface area contributed by atoms with Crippen molar-refractivity contribution in [1.29, 1.82) is 0 Å². The molecule has 0 saturated carbocycles. The normalized spacial score (nSPS) is 14.2. The Labute approximate surface area is 128 Å². The van der Waals surface area contributed by atoms with Crippen LogP contribution in [0.4, 0.5) is 39.5 Å². The van der Waals surface area contributed by atoms with Gasteiger partial charge in [0, 0.05) is 0 Å². The van der Waals surface area contributed by atoms with Gasteiger partial charge in [0.2, 0.25) is 0 Å². The van der Waals surface area contributed by atoms with Crippen LogP contribution in [-0.4, -0.2) is 31.0 Å². The Morgan fingerprint density at radius 2 is 1.62 bits per heavy atom. The van der Waals surface area contributed by atoms with Gasteiger partial charge in [0.25, 0.3) is 0 Å². The average Bonchev–Trinajstić information content (AvgIpc) is 2.40. The van der Waals surface area contributed by atoms with E-state index in [2.05, 4.69) is 4.74 Å². The van der Waals surface area contributed by atoms with Gasteiger partial charge in [-0.2, -0.15) is 39.5 Å². The summed E-state index contributed by atoms with van der Waals surface area (Å²) in [5, 5.41) is 0. The predicted molar refractivity (Wildman–Crippen MR) is 62.4 cm³/mol. The molecule has 0 aliphatic carbocycles. The molecule has 0 heterocycles. The Hall–Kier alpha value is -2.00. The Morgan fingerprint density at radius 1 is 1.04 bits per heavy atom. The molecule has 1 aromatic rings. The van der Waals surface area contributed by atoms with Gasteiger partial charge in [0.05, 0.1) is 11.1 Å². The van der Waals surface area contributed by atoms with Crippen molar-refractivity contribution in [3.05, 3.63) is 35.4 Å². The van der Waals surface area contributed by atoms with Crippen LogP contribution in [0.15, 0.2) is 24.3 Å². The quantitative estimate of drug-likeness (QED) is 0.582. The number of carbonyl (C=O) groups excluding carboxylic acids is 1. The zero-order valence-corrected chi connectivity index (χ0v) is 11.3. The maximum Gasteiger partial charge on any atom is 0.419 e. The fourth-order valence-corrected chi connectivity index (χ4v) is 1.65. The molecule has 1 atom stereocenters. The highest BCUT2D eigenvalue weighted by Crippen LogP contribution is 2.36. The van der Waals surface area contributed by atoms with Gasteiger partial charge >= 0.3 is 18.5 Å². The predicted octanol–water partition coefficient (Wildman–Crippen LogP) is 4.43. The third-order valence-electron chi connectivity index (χ3n) is 2.58. The lowest BCUT2D eigenvalue weighted by atomic mass is 9.99. The van der Waals surface area contributed by atoms with Gasteiger partial charge in [-0.15, -0.1) is 0 Å². The molecule has 2 nitrogen and oxygen atoms in total. The van der Waals surface area contributed by atoms with Crippen LogP contribution < -0.4 is 0 Å². The summed E-state index contributed by atoms with van der Waals surface area (Å²) < 4.78 is 116. The highest BCUT2D eigenvalue weighted by atomic mass is 19.4. The summed E-state index contributed by atoms with van der Waals surface area (Å²) in [5.74, 6) is 0.727. The van der Waals surface area contributed by atoms with Gasteiger partial charge in [-0.05, 0) is 17.7 Å². The zero-order chi connectivity index (χ0) is 18.8. The number of hydrogen-bond donors (Lipinski definition) is 0. The van der Waals surface area contributed by atoms with Crippen LogP contribution in [0.1, 0.15) is 11.1 Å². The molecule has 0 saturated heterocycles. The monoisotopic (exact) mass is 366 g/mol. The van der Waals surface area contributed by atoms with Crippen LogP contribution in [0.3, 0.4) is 0 Å². The number of benzene rings is 1. The molecule has 0 aliphatic rings. The molecule has 11 heteroatoms. The van der Waals surface area contributed by atoms with Gasteiger partial charge in [0.15, 0.2) is 6.10 Å². The van der Waals surface area contributed by atoms with E-state index in [0.717, 1.165) is 5.94 Å². The molecule has 0 N–H and O–H groups in total. The largest absolute Gasteiger partial charge is 0.419 e. The van der Waals surface area contributed by atoms with Crippen LogP contribution in [-0.2, 0) is 15.7 Å². The first-order chi connectivity index (χ1) is 10.8. The Balaban J connectivity index is 3.28. The minimum atomic E-state index is -5.47. The second-order valence-electron chi connectivity index (χ2n) is 4.44. The van der Waals surface area contributed by atoms with Gasteiger partial charge in [0.1, 0.15) is 12.5 Å². The van der Waals surface area contributed by atoms with Crippen LogP contribution in [0.5, 0.6) is 0 Å². The van der Waals surface area contributed by atoms with Gasteiger partial charge in [-0.3, -0.25) is 0 Å². The molecule has 1 rings (SSSR count). The summed E-state index contributed by atoms with van der Waals surface area (Å²) in [6.07, 6.45) is -18.9. The lowest BCUT2D eigenvalue weighted by Crippen LogP contribution is -2.36. The van der Waals surface area contributed by atoms with Crippen molar-refractivity contribution < 1.29 is 49.0 Å². The molecule has 24 heavy (non-hydrogen) atoms. The highest BCUT2D eigenvalue weighted by molar-refractivity contribution is 5.90. The summed E-state index contributed by atoms with van der Waals surface area (Å²) in [6, 6.07) is 2.11. The fraction of sp³-hybridized carbons (Fsp3) is 0.385. The summed E-state index contributed by atoms with van der Waals surface area (Å²) in [5.41, 5.74) is -3.80. The minimum absolute atomic E-state index is 0.190. The molecule has 0 aliphatic heterocycles. The number of alkyl halides is 9. The topological polar surface area (TPSA) is 26.3 Å². The SMILES string of the molecule is O=C=C(c1cccc(C(F)(F)F)c1)C(OCC(F)(F)F)C(F)(F)F. The Bertz CT molecular complexity index is 622. The third-order valence-corrected chi connectivity index (χ3v) is 2.58. The number of hydrogen-bond acceptors (Lipinski definition) is 2. The maximum absolute atomic E-state index is 12.8. The van der Waals surface area contributed by atoms with E-state index in [-0.39, 0.29) is 6.07 Å². The van der Waals surface area contributed by atoms with Crippen LogP contribution >= 0.6 is 0 Å². The van der Waals surface area contributed by atoms with Gasteiger partial charge in [-0.25, -0.2) is 4.79 Å². The van der Waals surface area contributed by atoms with E-state index in [0.29, 0.717) is 18.2 Å². The second kappa shape index (κ2) is 6.86. The van der Waals surface area contributed by atoms with Crippen molar-refractivity contribution in [3.63, 3.8) is 0 Å².